The molecule has 0 spiro atoms. The summed E-state index contributed by atoms with van der Waals surface area (Å²) in [5.41, 5.74) is 36.5. The fourth-order valence-corrected chi connectivity index (χ4v) is 21.5. The Morgan fingerprint density at radius 3 is 0.805 bits per heavy atom. The zero-order chi connectivity index (χ0) is 87.6. The van der Waals surface area contributed by atoms with Gasteiger partial charge in [0.1, 0.15) is 44.7 Å². The summed E-state index contributed by atoms with van der Waals surface area (Å²) in [6, 6.07) is 117. The normalized spacial score (nSPS) is 12.7. The Hall–Kier alpha value is -14.3. The number of benzene rings is 20. The summed E-state index contributed by atoms with van der Waals surface area (Å²) in [4.78, 5) is 0. The molecular formula is C124H100O4. The lowest BCUT2D eigenvalue weighted by atomic mass is 9.77. The van der Waals surface area contributed by atoms with Crippen LogP contribution in [-0.2, 0) is 21.7 Å². The third kappa shape index (κ3) is 12.4. The maximum atomic E-state index is 7.24. The van der Waals surface area contributed by atoms with E-state index in [0.717, 1.165) is 132 Å². The Kier molecular flexibility index (Phi) is 17.5. The molecule has 620 valence electrons. The molecule has 24 aromatic rings. The van der Waals surface area contributed by atoms with Crippen LogP contribution in [0.25, 0.3) is 241 Å². The third-order valence-corrected chi connectivity index (χ3v) is 27.9. The molecule has 20 aromatic carbocycles. The Balaban J connectivity index is 0.000000147. The van der Waals surface area contributed by atoms with Gasteiger partial charge in [0.2, 0.25) is 0 Å². The average Bonchev–Trinajstić information content (AvgIpc) is 1.33. The van der Waals surface area contributed by atoms with Gasteiger partial charge in [0, 0.05) is 86.2 Å². The van der Waals surface area contributed by atoms with E-state index >= 15 is 0 Å². The molecular weight excluding hydrogens is 1550 g/mol. The number of hydrogen-bond donors (Lipinski definition) is 0. The van der Waals surface area contributed by atoms with Crippen molar-refractivity contribution in [3.8, 4) is 89.0 Å². The molecule has 0 radical (unpaired) electrons. The predicted molar refractivity (Wildman–Crippen MR) is 547 cm³/mol. The number of aryl methyl sites for hydroxylation is 4. The van der Waals surface area contributed by atoms with E-state index in [1.54, 1.807) is 0 Å². The molecule has 0 saturated carbocycles. The summed E-state index contributed by atoms with van der Waals surface area (Å²) >= 11 is 0. The van der Waals surface area contributed by atoms with Gasteiger partial charge in [-0.05, 0) is 301 Å². The standard InChI is InChI=1S/C64H54O2.C60H46O2/c1-35-13-11-14-36(2)55(35)51-31-43-29-50-48-28-22-42(40-19-25-46(26-20-40)64(8,9)10)34-54(48)66-62(50)60-52(56-37(3)15-12-16-38(56)4)32-44-30-49-47-27-21-41(39-17-23-45(24-18-39)63(5,6)7)33-53(47)65-61(49)59(51)57(44)58(43)60;1-59(2,3)51-23-15-13-21-39(51)43-31-49-56-46(34-48-42-28-26-38(30-54(42)61-57(48)49)36-19-11-8-12-20-36)44(40-22-14-16-24-52(40)60(4,5)6)32-50-55(56)45(43)33-47-41-27-25-37(29-53(41)62-58(47)50)35-17-9-7-10-18-35/h11-34H,1-10H3;7-34H,1-6H3. The van der Waals surface area contributed by atoms with Crippen molar-refractivity contribution in [1.82, 2.24) is 0 Å². The first-order chi connectivity index (χ1) is 61.6. The van der Waals surface area contributed by atoms with Crippen LogP contribution in [0.2, 0.25) is 0 Å². The lowest BCUT2D eigenvalue weighted by Gasteiger charge is -2.26. The van der Waals surface area contributed by atoms with Crippen LogP contribution in [-0.4, -0.2) is 0 Å². The fourth-order valence-electron chi connectivity index (χ4n) is 21.5. The number of fused-ring (bicyclic) bond motifs is 16. The highest BCUT2D eigenvalue weighted by molar-refractivity contribution is 6.41. The van der Waals surface area contributed by atoms with Crippen molar-refractivity contribution in [2.75, 3.05) is 0 Å². The second-order valence-electron chi connectivity index (χ2n) is 40.4. The molecule has 0 aliphatic carbocycles. The Morgan fingerprint density at radius 2 is 0.477 bits per heavy atom. The first-order valence-corrected chi connectivity index (χ1v) is 45.3. The molecule has 4 heterocycles. The monoisotopic (exact) mass is 1650 g/mol. The van der Waals surface area contributed by atoms with E-state index < -0.39 is 0 Å². The molecule has 24 rings (SSSR count). The van der Waals surface area contributed by atoms with E-state index in [1.807, 2.05) is 0 Å². The molecule has 0 amide bonds. The van der Waals surface area contributed by atoms with Gasteiger partial charge in [-0.3, -0.25) is 0 Å². The van der Waals surface area contributed by atoms with Gasteiger partial charge in [0.15, 0.2) is 0 Å². The fraction of sp³-hybridized carbons (Fsp3) is 0.161. The second kappa shape index (κ2) is 28.6. The second-order valence-corrected chi connectivity index (χ2v) is 40.4. The van der Waals surface area contributed by atoms with Crippen LogP contribution in [0.5, 0.6) is 0 Å². The lowest BCUT2D eigenvalue weighted by molar-refractivity contribution is 0.590. The maximum Gasteiger partial charge on any atom is 0.143 e. The van der Waals surface area contributed by atoms with Crippen LogP contribution in [0, 0.1) is 27.7 Å². The molecule has 0 atom stereocenters. The molecule has 128 heavy (non-hydrogen) atoms. The summed E-state index contributed by atoms with van der Waals surface area (Å²) in [6.45, 7) is 36.5. The third-order valence-electron chi connectivity index (χ3n) is 27.9. The van der Waals surface area contributed by atoms with E-state index in [1.165, 1.54) is 154 Å². The molecule has 0 aliphatic rings. The highest BCUT2D eigenvalue weighted by Crippen LogP contribution is 2.57. The van der Waals surface area contributed by atoms with E-state index in [-0.39, 0.29) is 21.7 Å². The summed E-state index contributed by atoms with van der Waals surface area (Å²) in [6.07, 6.45) is 0. The molecule has 0 saturated heterocycles. The van der Waals surface area contributed by atoms with E-state index in [9.17, 15) is 0 Å². The SMILES string of the molecule is CC(C)(C)c1ccccc1-c1cc2c3oc4cc(-c5ccccc5)ccc4c3cc3c(-c4ccccc4C(C)(C)C)cc4c5oc6cc(-c7ccccc7)ccc6c5cc1c4c32.Cc1cccc(C)c1-c1cc2cc3c4ccc(-c5ccc(C(C)(C)C)cc5)cc4oc3c3c(-c4c(C)cccc4C)cc4cc5c6ccc(-c7ccc(C(C)(C)C)cc7)cc6oc5c1c4c23. The summed E-state index contributed by atoms with van der Waals surface area (Å²) in [7, 11) is 0. The Labute approximate surface area is 746 Å². The van der Waals surface area contributed by atoms with Crippen molar-refractivity contribution >= 4 is 152 Å². The molecule has 4 aromatic heterocycles. The first kappa shape index (κ1) is 78.4. The van der Waals surface area contributed by atoms with Gasteiger partial charge in [0.05, 0.1) is 0 Å². The molecule has 0 aliphatic heterocycles. The van der Waals surface area contributed by atoms with Gasteiger partial charge in [0.25, 0.3) is 0 Å². The minimum absolute atomic E-state index is 0.0895. The van der Waals surface area contributed by atoms with Crippen molar-refractivity contribution in [2.45, 2.75) is 132 Å². The van der Waals surface area contributed by atoms with Gasteiger partial charge < -0.3 is 17.7 Å². The van der Waals surface area contributed by atoms with Crippen molar-refractivity contribution in [3.05, 3.63) is 360 Å². The smallest absolute Gasteiger partial charge is 0.143 e. The predicted octanol–water partition coefficient (Wildman–Crippen LogP) is 36.5. The Morgan fingerprint density at radius 1 is 0.180 bits per heavy atom. The van der Waals surface area contributed by atoms with Crippen molar-refractivity contribution < 1.29 is 17.7 Å². The first-order valence-electron chi connectivity index (χ1n) is 45.3. The van der Waals surface area contributed by atoms with E-state index in [2.05, 4.69) is 426 Å². The van der Waals surface area contributed by atoms with Crippen LogP contribution >= 0.6 is 0 Å². The summed E-state index contributed by atoms with van der Waals surface area (Å²) in [5, 5.41) is 23.1. The number of furan rings is 4. The van der Waals surface area contributed by atoms with Crippen LogP contribution in [0.1, 0.15) is 128 Å². The molecule has 0 unspecified atom stereocenters. The zero-order valence-corrected chi connectivity index (χ0v) is 75.7. The van der Waals surface area contributed by atoms with Gasteiger partial charge in [-0.2, -0.15) is 0 Å². The van der Waals surface area contributed by atoms with Crippen LogP contribution in [0.15, 0.2) is 333 Å². The minimum Gasteiger partial charge on any atom is -0.455 e. The zero-order valence-electron chi connectivity index (χ0n) is 75.7. The number of rotatable bonds is 8. The van der Waals surface area contributed by atoms with E-state index in [0.29, 0.717) is 0 Å². The molecule has 0 N–H and O–H groups in total. The highest BCUT2D eigenvalue weighted by atomic mass is 16.3. The average molecular weight is 1650 g/mol. The molecule has 0 fully saturated rings. The lowest BCUT2D eigenvalue weighted by Crippen LogP contribution is -2.13. The van der Waals surface area contributed by atoms with E-state index in [4.69, 9.17) is 17.7 Å². The quantitative estimate of drug-likeness (QED) is 0.142. The summed E-state index contributed by atoms with van der Waals surface area (Å²) < 4.78 is 28.8. The molecule has 4 heteroatoms. The Bertz CT molecular complexity index is 8150. The van der Waals surface area contributed by atoms with Gasteiger partial charge >= 0.3 is 0 Å². The molecule has 0 bridgehead atoms. The topological polar surface area (TPSA) is 52.6 Å². The summed E-state index contributed by atoms with van der Waals surface area (Å²) in [5.74, 6) is 0. The largest absolute Gasteiger partial charge is 0.455 e. The van der Waals surface area contributed by atoms with Gasteiger partial charge in [-0.15, -0.1) is 0 Å². The van der Waals surface area contributed by atoms with Crippen LogP contribution < -0.4 is 0 Å². The number of hydrogen-bond acceptors (Lipinski definition) is 4. The minimum atomic E-state index is -0.0911. The molecule has 4 nitrogen and oxygen atoms in total. The van der Waals surface area contributed by atoms with Crippen molar-refractivity contribution in [2.24, 2.45) is 0 Å². The van der Waals surface area contributed by atoms with Gasteiger partial charge in [-0.1, -0.05) is 301 Å². The maximum absolute atomic E-state index is 7.24. The van der Waals surface area contributed by atoms with Crippen molar-refractivity contribution in [1.29, 1.82) is 0 Å². The van der Waals surface area contributed by atoms with Crippen LogP contribution in [0.4, 0.5) is 0 Å². The van der Waals surface area contributed by atoms with Crippen molar-refractivity contribution in [3.63, 3.8) is 0 Å². The highest BCUT2D eigenvalue weighted by Gasteiger charge is 2.32. The van der Waals surface area contributed by atoms with Gasteiger partial charge in [-0.25, -0.2) is 0 Å². The van der Waals surface area contributed by atoms with Crippen LogP contribution in [0.3, 0.4) is 0 Å².